The lowest BCUT2D eigenvalue weighted by Crippen LogP contribution is -2.24. The molecule has 6 heterocycles. The maximum atomic E-state index is 11.8. The van der Waals surface area contributed by atoms with E-state index in [1.807, 2.05) is 26.0 Å². The smallest absolute Gasteiger partial charge is 0.0998 e. The summed E-state index contributed by atoms with van der Waals surface area (Å²) in [6.07, 6.45) is 1.78. The van der Waals surface area contributed by atoms with Gasteiger partial charge in [-0.1, -0.05) is 269 Å². The molecule has 18 rings (SSSR count). The van der Waals surface area contributed by atoms with E-state index in [0.717, 1.165) is 152 Å². The van der Waals surface area contributed by atoms with Crippen LogP contribution in [-0.2, 0) is 32.5 Å². The molecular weight excluding hydrogens is 1430 g/mol. The molecule has 0 saturated carbocycles. The average molecular weight is 1540 g/mol. The van der Waals surface area contributed by atoms with Crippen molar-refractivity contribution in [3.8, 4) is 79.7 Å². The second-order valence-corrected chi connectivity index (χ2v) is 38.5. The quantitative estimate of drug-likeness (QED) is 0.115. The largest absolute Gasteiger partial charge is 0.307 e. The van der Waals surface area contributed by atoms with Crippen molar-refractivity contribution in [1.29, 1.82) is 10.5 Å². The van der Waals surface area contributed by atoms with Crippen LogP contribution in [0.5, 0.6) is 0 Å². The number of benzene rings is 12. The van der Waals surface area contributed by atoms with Gasteiger partial charge in [-0.05, 0) is 213 Å². The molecule has 8 heteroatoms. The first kappa shape index (κ1) is 76.4. The average Bonchev–Trinajstić information content (AvgIpc) is 1.55. The summed E-state index contributed by atoms with van der Waals surface area (Å²) in [5, 5.41) is 32.7. The van der Waals surface area contributed by atoms with Gasteiger partial charge in [0.1, 0.15) is 0 Å². The Balaban J connectivity index is 0.793. The molecule has 6 aromatic heterocycles. The Labute approximate surface area is 694 Å². The highest BCUT2D eigenvalue weighted by Crippen LogP contribution is 2.49. The predicted molar refractivity (Wildman–Crippen MR) is 497 cm³/mol. The van der Waals surface area contributed by atoms with Gasteiger partial charge in [0, 0.05) is 76.7 Å². The summed E-state index contributed by atoms with van der Waals surface area (Å²) in [5.41, 5.74) is 29.0. The standard InChI is InChI=1S/C110H102N8/c1-67-51-71(52-68(2)113-67)87-63-104(102(56-73(87)65-111)117-97-59-76(106(6,7)8)37-43-83(97)84-44-38-77(60-98(84)117)107(9,10)11)118-99-61-78(108(12,13)14)39-45-85(99)86-46-40-80(62-100(86)118)110(17,18)50-49-109(15,16)79-42-48-96-90(58-79)82-34-26-27-35-93(82)115(96)101-55-74(66-112)88(72-53-91(69-29-21-19-22-30-69)114-92(54-72)70-31-23-20-24-32-70)64-103(101)116-94-36-28-25-33-81(94)89-57-75(105(3,4)5)41-47-95(89)116/h19-48,51-64H,49-50H2,1-18H3. The molecule has 118 heavy (non-hydrogen) atoms. The lowest BCUT2D eigenvalue weighted by Gasteiger charge is -2.32. The van der Waals surface area contributed by atoms with Gasteiger partial charge in [0.15, 0.2) is 0 Å². The van der Waals surface area contributed by atoms with E-state index in [2.05, 4.69) is 396 Å². The fourth-order valence-electron chi connectivity index (χ4n) is 18.4. The van der Waals surface area contributed by atoms with Crippen LogP contribution in [0.2, 0.25) is 0 Å². The van der Waals surface area contributed by atoms with Crippen LogP contribution in [0.1, 0.15) is 180 Å². The lowest BCUT2D eigenvalue weighted by atomic mass is 9.72. The van der Waals surface area contributed by atoms with E-state index in [0.29, 0.717) is 11.1 Å². The van der Waals surface area contributed by atoms with Crippen LogP contribution in [0.4, 0.5) is 0 Å². The Morgan fingerprint density at radius 1 is 0.254 bits per heavy atom. The number of fused-ring (bicyclic) bond motifs is 12. The van der Waals surface area contributed by atoms with Crippen LogP contribution in [-0.4, -0.2) is 28.2 Å². The van der Waals surface area contributed by atoms with E-state index in [4.69, 9.17) is 9.97 Å². The molecule has 18 aromatic rings. The van der Waals surface area contributed by atoms with Gasteiger partial charge < -0.3 is 18.3 Å². The topological polar surface area (TPSA) is 93.1 Å². The molecular formula is C110H102N8. The van der Waals surface area contributed by atoms with Gasteiger partial charge in [-0.3, -0.25) is 4.98 Å². The van der Waals surface area contributed by atoms with Crippen LogP contribution in [0, 0.1) is 36.5 Å². The van der Waals surface area contributed by atoms with E-state index >= 15 is 0 Å². The Morgan fingerprint density at radius 2 is 0.542 bits per heavy atom. The van der Waals surface area contributed by atoms with E-state index in [1.165, 1.54) is 60.3 Å². The summed E-state index contributed by atoms with van der Waals surface area (Å²) >= 11 is 0. The fraction of sp³-hybridized carbons (Fsp3) is 0.236. The molecule has 0 aliphatic rings. The molecule has 0 unspecified atom stereocenters. The maximum absolute atomic E-state index is 11.8. The molecule has 0 atom stereocenters. The minimum atomic E-state index is -0.307. The summed E-state index contributed by atoms with van der Waals surface area (Å²) in [5.74, 6) is 0. The van der Waals surface area contributed by atoms with Crippen LogP contribution < -0.4 is 0 Å². The Hall–Kier alpha value is -12.9. The van der Waals surface area contributed by atoms with Crippen molar-refractivity contribution < 1.29 is 0 Å². The highest BCUT2D eigenvalue weighted by Gasteiger charge is 2.33. The van der Waals surface area contributed by atoms with E-state index in [-0.39, 0.29) is 32.5 Å². The van der Waals surface area contributed by atoms with Crippen molar-refractivity contribution in [3.05, 3.63) is 323 Å². The van der Waals surface area contributed by atoms with Gasteiger partial charge in [0.25, 0.3) is 0 Å². The number of rotatable bonds is 13. The number of aryl methyl sites for hydroxylation is 2. The van der Waals surface area contributed by atoms with E-state index < -0.39 is 0 Å². The van der Waals surface area contributed by atoms with Crippen molar-refractivity contribution in [2.45, 2.75) is 170 Å². The highest BCUT2D eigenvalue weighted by molar-refractivity contribution is 6.15. The van der Waals surface area contributed by atoms with E-state index in [9.17, 15) is 10.5 Å². The van der Waals surface area contributed by atoms with E-state index in [1.54, 1.807) is 0 Å². The summed E-state index contributed by atoms with van der Waals surface area (Å²) in [6, 6.07) is 104. The molecule has 582 valence electrons. The number of hydrogen-bond donors (Lipinski definition) is 0. The Bertz CT molecular complexity index is 7090. The summed E-state index contributed by atoms with van der Waals surface area (Å²) in [7, 11) is 0. The zero-order chi connectivity index (χ0) is 82.6. The van der Waals surface area contributed by atoms with Crippen molar-refractivity contribution >= 4 is 87.2 Å². The third-order valence-corrected chi connectivity index (χ3v) is 25.4. The van der Waals surface area contributed by atoms with Gasteiger partial charge in [0.05, 0.1) is 102 Å². The Kier molecular flexibility index (Phi) is 18.1. The van der Waals surface area contributed by atoms with Crippen LogP contribution in [0.3, 0.4) is 0 Å². The summed E-state index contributed by atoms with van der Waals surface area (Å²) in [6.45, 7) is 41.3. The third kappa shape index (κ3) is 13.1. The zero-order valence-corrected chi connectivity index (χ0v) is 71.4. The van der Waals surface area contributed by atoms with Gasteiger partial charge in [-0.15, -0.1) is 0 Å². The molecule has 0 fully saturated rings. The van der Waals surface area contributed by atoms with Crippen LogP contribution in [0.15, 0.2) is 267 Å². The van der Waals surface area contributed by atoms with Crippen molar-refractivity contribution in [1.82, 2.24) is 28.2 Å². The van der Waals surface area contributed by atoms with Gasteiger partial charge in [-0.25, -0.2) is 4.98 Å². The van der Waals surface area contributed by atoms with Gasteiger partial charge >= 0.3 is 0 Å². The molecule has 0 amide bonds. The molecule has 8 nitrogen and oxygen atoms in total. The minimum Gasteiger partial charge on any atom is -0.307 e. The fourth-order valence-corrected chi connectivity index (χ4v) is 18.4. The molecule has 0 aliphatic heterocycles. The molecule has 0 spiro atoms. The predicted octanol–water partition coefficient (Wildman–Crippen LogP) is 29.1. The lowest BCUT2D eigenvalue weighted by molar-refractivity contribution is 0.375. The van der Waals surface area contributed by atoms with Crippen molar-refractivity contribution in [2.75, 3.05) is 0 Å². The monoisotopic (exact) mass is 1530 g/mol. The first-order valence-corrected chi connectivity index (χ1v) is 41.8. The normalized spacial score (nSPS) is 12.7. The van der Waals surface area contributed by atoms with Gasteiger partial charge in [0.2, 0.25) is 0 Å². The molecule has 0 saturated heterocycles. The maximum Gasteiger partial charge on any atom is 0.0998 e. The second kappa shape index (κ2) is 27.9. The molecule has 0 aliphatic carbocycles. The Morgan fingerprint density at radius 3 is 0.932 bits per heavy atom. The molecule has 0 N–H and O–H groups in total. The number of pyridine rings is 2. The number of aromatic nitrogens is 6. The molecule has 0 bridgehead atoms. The van der Waals surface area contributed by atoms with Crippen LogP contribution >= 0.6 is 0 Å². The zero-order valence-electron chi connectivity index (χ0n) is 71.4. The van der Waals surface area contributed by atoms with Crippen molar-refractivity contribution in [2.24, 2.45) is 0 Å². The number of hydrogen-bond acceptors (Lipinski definition) is 4. The summed E-state index contributed by atoms with van der Waals surface area (Å²) < 4.78 is 9.89. The molecule has 12 aromatic carbocycles. The number of para-hydroxylation sites is 2. The second-order valence-electron chi connectivity index (χ2n) is 38.5. The first-order valence-electron chi connectivity index (χ1n) is 41.8. The van der Waals surface area contributed by atoms with Crippen LogP contribution in [0.25, 0.3) is 155 Å². The number of nitrogens with zero attached hydrogens (tertiary/aromatic N) is 8. The first-order chi connectivity index (χ1) is 56.2. The van der Waals surface area contributed by atoms with Crippen molar-refractivity contribution in [3.63, 3.8) is 0 Å². The third-order valence-electron chi connectivity index (χ3n) is 25.4. The SMILES string of the molecule is Cc1cc(-c2cc(-n3c4cc(C(C)(C)C)ccc4c4ccc(C(C)(C)CCC(C)(C)c5ccc6c(c5)c5ccccc5n6-c5cc(C#N)c(-c6cc(-c7ccccc7)nc(-c7ccccc7)c6)cc5-n5c6ccccc6c6cc(C(C)(C)C)ccc65)cc43)c(-n3c4cc(C(C)(C)C)ccc4c4ccc(C(C)(C)C)cc43)cc2C#N)cc(C)n1. The molecule has 0 radical (unpaired) electrons. The summed E-state index contributed by atoms with van der Waals surface area (Å²) in [4.78, 5) is 10.2. The van der Waals surface area contributed by atoms with Gasteiger partial charge in [-0.2, -0.15) is 10.5 Å². The highest BCUT2D eigenvalue weighted by atomic mass is 15.1. The minimum absolute atomic E-state index is 0.0837. The number of nitriles is 2.